The first kappa shape index (κ1) is 19.4. The highest BCUT2D eigenvalue weighted by atomic mass is 79.9. The molecule has 11 heteroatoms. The third kappa shape index (κ3) is 5.88. The van der Waals surface area contributed by atoms with Crippen LogP contribution in [0.5, 0.6) is 0 Å². The molecule has 0 saturated heterocycles. The minimum absolute atomic E-state index is 0.0892. The Morgan fingerprint density at radius 1 is 1.27 bits per heavy atom. The third-order valence-electron chi connectivity index (χ3n) is 2.16. The fourth-order valence-electron chi connectivity index (χ4n) is 1.28. The van der Waals surface area contributed by atoms with Crippen molar-refractivity contribution in [2.45, 2.75) is 17.2 Å². The molecule has 22 heavy (non-hydrogen) atoms. The normalized spacial score (nSPS) is 13.4. The Bertz CT molecular complexity index is 573. The number of anilines is 1. The number of thioether (sulfide) groups is 1. The van der Waals surface area contributed by atoms with Gasteiger partial charge in [0.1, 0.15) is 0 Å². The van der Waals surface area contributed by atoms with Gasteiger partial charge in [-0.1, -0.05) is 11.6 Å². The quantitative estimate of drug-likeness (QED) is 0.286. The highest BCUT2D eigenvalue weighted by molar-refractivity contribution is 9.10. The molecule has 1 N–H and O–H groups in total. The Labute approximate surface area is 139 Å². The van der Waals surface area contributed by atoms with Gasteiger partial charge in [0.25, 0.3) is 0 Å². The van der Waals surface area contributed by atoms with Gasteiger partial charge in [-0.25, -0.2) is 0 Å². The molecule has 0 saturated carbocycles. The molecule has 0 bridgehead atoms. The standard InChI is InChI=1S/C11H8BrClF6N2S/c1-20-9(11(17,18)19)21-7-3-8(5(12)2-6(7)13)22-4-10(14,15)16/h2-3H,4H2,1H3,(H,20,21). The van der Waals surface area contributed by atoms with Crippen LogP contribution in [0.4, 0.5) is 32.0 Å². The van der Waals surface area contributed by atoms with Crippen LogP contribution in [0.15, 0.2) is 26.5 Å². The highest BCUT2D eigenvalue weighted by Gasteiger charge is 2.36. The summed E-state index contributed by atoms with van der Waals surface area (Å²) >= 11 is 9.24. The van der Waals surface area contributed by atoms with Gasteiger partial charge >= 0.3 is 12.4 Å². The molecule has 0 aliphatic heterocycles. The van der Waals surface area contributed by atoms with Crippen LogP contribution in [-0.4, -0.2) is 31.0 Å². The van der Waals surface area contributed by atoms with Crippen molar-refractivity contribution in [1.82, 2.24) is 0 Å². The summed E-state index contributed by atoms with van der Waals surface area (Å²) in [6.45, 7) is 0. The molecule has 0 aromatic heterocycles. The van der Waals surface area contributed by atoms with E-state index in [-0.39, 0.29) is 20.1 Å². The van der Waals surface area contributed by atoms with Crippen molar-refractivity contribution in [3.8, 4) is 0 Å². The second-order valence-electron chi connectivity index (χ2n) is 3.86. The van der Waals surface area contributed by atoms with Gasteiger partial charge < -0.3 is 5.32 Å². The van der Waals surface area contributed by atoms with Gasteiger partial charge in [-0.15, -0.1) is 11.8 Å². The van der Waals surface area contributed by atoms with E-state index in [1.54, 1.807) is 0 Å². The largest absolute Gasteiger partial charge is 0.449 e. The molecule has 0 spiro atoms. The van der Waals surface area contributed by atoms with Crippen LogP contribution in [-0.2, 0) is 0 Å². The molecular weight excluding hydrogens is 422 g/mol. The minimum atomic E-state index is -4.73. The fourth-order valence-corrected chi connectivity index (χ4v) is 3.02. The summed E-state index contributed by atoms with van der Waals surface area (Å²) in [7, 11) is 0.932. The molecule has 0 aliphatic carbocycles. The Morgan fingerprint density at radius 2 is 1.86 bits per heavy atom. The number of hydrogen-bond acceptors (Lipinski definition) is 2. The summed E-state index contributed by atoms with van der Waals surface area (Å²) in [5, 5.41) is 1.89. The SMILES string of the molecule is CN=C(Nc1cc(SCC(F)(F)F)c(Br)cc1Cl)C(F)(F)F. The van der Waals surface area contributed by atoms with Crippen LogP contribution in [0.3, 0.4) is 0 Å². The molecule has 2 nitrogen and oxygen atoms in total. The molecule has 124 valence electrons. The van der Waals surface area contributed by atoms with Crippen LogP contribution in [0.2, 0.25) is 5.02 Å². The van der Waals surface area contributed by atoms with Crippen molar-refractivity contribution in [3.63, 3.8) is 0 Å². The summed E-state index contributed by atoms with van der Waals surface area (Å²) in [6.07, 6.45) is -9.14. The van der Waals surface area contributed by atoms with Gasteiger partial charge in [0.05, 0.1) is 16.5 Å². The van der Waals surface area contributed by atoms with E-state index >= 15 is 0 Å². The number of nitrogens with one attached hydrogen (secondary N) is 1. The lowest BCUT2D eigenvalue weighted by Gasteiger charge is -2.15. The van der Waals surface area contributed by atoms with Gasteiger partial charge in [-0.2, -0.15) is 26.3 Å². The Kier molecular flexibility index (Phi) is 6.46. The number of rotatable bonds is 3. The summed E-state index contributed by atoms with van der Waals surface area (Å²) in [5.74, 6) is -2.48. The van der Waals surface area contributed by atoms with Crippen LogP contribution in [0.1, 0.15) is 0 Å². The predicted molar refractivity (Wildman–Crippen MR) is 79.0 cm³/mol. The Balaban J connectivity index is 3.06. The van der Waals surface area contributed by atoms with E-state index in [4.69, 9.17) is 11.6 Å². The number of aliphatic imine (C=N–C) groups is 1. The molecule has 0 amide bonds. The van der Waals surface area contributed by atoms with Gasteiger partial charge in [0.15, 0.2) is 0 Å². The second kappa shape index (κ2) is 7.31. The third-order valence-corrected chi connectivity index (χ3v) is 4.51. The van der Waals surface area contributed by atoms with Crippen molar-refractivity contribution < 1.29 is 26.3 Å². The topological polar surface area (TPSA) is 24.4 Å². The fraction of sp³-hybridized carbons (Fsp3) is 0.364. The molecule has 0 atom stereocenters. The van der Waals surface area contributed by atoms with Gasteiger partial charge in [-0.3, -0.25) is 4.99 Å². The average molecular weight is 430 g/mol. The van der Waals surface area contributed by atoms with Gasteiger partial charge in [0, 0.05) is 16.4 Å². The van der Waals surface area contributed by atoms with Crippen molar-refractivity contribution in [2.75, 3.05) is 18.1 Å². The van der Waals surface area contributed by atoms with Crippen LogP contribution < -0.4 is 5.32 Å². The Morgan fingerprint density at radius 3 is 2.32 bits per heavy atom. The first-order valence-electron chi connectivity index (χ1n) is 5.43. The number of nitrogens with zero attached hydrogens (tertiary/aromatic N) is 1. The summed E-state index contributed by atoms with van der Waals surface area (Å²) in [4.78, 5) is 3.16. The molecule has 1 aromatic carbocycles. The molecule has 0 radical (unpaired) electrons. The van der Waals surface area contributed by atoms with E-state index in [1.165, 1.54) is 6.07 Å². The van der Waals surface area contributed by atoms with E-state index in [1.807, 2.05) is 5.32 Å². The zero-order chi connectivity index (χ0) is 17.1. The molecule has 1 aromatic rings. The maximum absolute atomic E-state index is 12.6. The summed E-state index contributed by atoms with van der Waals surface area (Å²) < 4.78 is 74.8. The average Bonchev–Trinajstić information content (AvgIpc) is 2.33. The summed E-state index contributed by atoms with van der Waals surface area (Å²) in [6, 6.07) is 2.31. The molecule has 1 rings (SSSR count). The highest BCUT2D eigenvalue weighted by Crippen LogP contribution is 2.38. The molecule has 0 heterocycles. The van der Waals surface area contributed by atoms with Crippen molar-refractivity contribution in [3.05, 3.63) is 21.6 Å². The number of hydrogen-bond donors (Lipinski definition) is 1. The molecule has 0 fully saturated rings. The predicted octanol–water partition coefficient (Wildman–Crippen LogP) is 5.76. The first-order valence-corrected chi connectivity index (χ1v) is 7.59. The van der Waals surface area contributed by atoms with Crippen LogP contribution >= 0.6 is 39.3 Å². The van der Waals surface area contributed by atoms with Gasteiger partial charge in [0.2, 0.25) is 5.84 Å². The lowest BCUT2D eigenvalue weighted by atomic mass is 10.3. The number of benzene rings is 1. The molecule has 0 unspecified atom stereocenters. The van der Waals surface area contributed by atoms with Crippen LogP contribution in [0, 0.1) is 0 Å². The van der Waals surface area contributed by atoms with E-state index in [0.717, 1.165) is 13.1 Å². The maximum atomic E-state index is 12.6. The lowest BCUT2D eigenvalue weighted by Crippen LogP contribution is -2.30. The number of alkyl halides is 6. The number of halogens is 8. The molecule has 0 aliphatic rings. The zero-order valence-electron chi connectivity index (χ0n) is 10.7. The van der Waals surface area contributed by atoms with E-state index < -0.39 is 23.9 Å². The monoisotopic (exact) mass is 428 g/mol. The zero-order valence-corrected chi connectivity index (χ0v) is 13.9. The van der Waals surface area contributed by atoms with Crippen molar-refractivity contribution in [1.29, 1.82) is 0 Å². The first-order chi connectivity index (χ1) is 9.94. The maximum Gasteiger partial charge on any atom is 0.449 e. The van der Waals surface area contributed by atoms with E-state index in [2.05, 4.69) is 20.9 Å². The summed E-state index contributed by atoms with van der Waals surface area (Å²) in [5.41, 5.74) is -0.188. The van der Waals surface area contributed by atoms with Crippen LogP contribution in [0.25, 0.3) is 0 Å². The number of amidine groups is 1. The van der Waals surface area contributed by atoms with E-state index in [9.17, 15) is 26.3 Å². The second-order valence-corrected chi connectivity index (χ2v) is 6.14. The smallest absolute Gasteiger partial charge is 0.335 e. The van der Waals surface area contributed by atoms with Crippen molar-refractivity contribution in [2.24, 2.45) is 4.99 Å². The minimum Gasteiger partial charge on any atom is -0.335 e. The Hall–Kier alpha value is -0.610. The molecular formula is C11H8BrClF6N2S. The van der Waals surface area contributed by atoms with Crippen molar-refractivity contribution >= 4 is 50.8 Å². The van der Waals surface area contributed by atoms with Gasteiger partial charge in [-0.05, 0) is 28.1 Å². The van der Waals surface area contributed by atoms with E-state index in [0.29, 0.717) is 11.8 Å². The lowest BCUT2D eigenvalue weighted by molar-refractivity contribution is -0.105.